The third-order valence-electron chi connectivity index (χ3n) is 1.31. The minimum absolute atomic E-state index is 0.865. The maximum atomic E-state index is 8.74. The molecule has 0 saturated heterocycles. The first-order valence-electron chi connectivity index (χ1n) is 4.31. The van der Waals surface area contributed by atoms with Crippen LogP contribution in [0, 0.1) is 0 Å². The van der Waals surface area contributed by atoms with Crippen molar-refractivity contribution in [3.05, 3.63) is 0 Å². The molecule has 0 aromatic heterocycles. The number of hydrogen-bond donors (Lipinski definition) is 3. The third kappa shape index (κ3) is 49.0. The summed E-state index contributed by atoms with van der Waals surface area (Å²) in [5, 5.41) is 0. The van der Waals surface area contributed by atoms with Crippen LogP contribution in [0.3, 0.4) is 0 Å². The molecule has 0 aliphatic carbocycles. The highest BCUT2D eigenvalue weighted by Gasteiger charge is 1.84. The van der Waals surface area contributed by atoms with Gasteiger partial charge in [-0.3, -0.25) is 9.11 Å². The molecule has 0 heterocycles. The SMILES string of the molecule is CCCCCCCN.O=S(=O)(O)O. The van der Waals surface area contributed by atoms with Crippen molar-refractivity contribution >= 4 is 10.4 Å². The predicted molar refractivity (Wildman–Crippen MR) is 52.0 cm³/mol. The van der Waals surface area contributed by atoms with E-state index in [-0.39, 0.29) is 0 Å². The van der Waals surface area contributed by atoms with E-state index >= 15 is 0 Å². The molecule has 82 valence electrons. The lowest BCUT2D eigenvalue weighted by Crippen LogP contribution is -1.97. The molecule has 0 aliphatic rings. The maximum Gasteiger partial charge on any atom is 0.394 e. The minimum Gasteiger partial charge on any atom is -0.330 e. The second kappa shape index (κ2) is 9.91. The smallest absolute Gasteiger partial charge is 0.330 e. The van der Waals surface area contributed by atoms with Crippen LogP contribution in [0.5, 0.6) is 0 Å². The van der Waals surface area contributed by atoms with Crippen LogP contribution in [0.2, 0.25) is 0 Å². The molecule has 13 heavy (non-hydrogen) atoms. The maximum absolute atomic E-state index is 8.74. The summed E-state index contributed by atoms with van der Waals surface area (Å²) in [5.41, 5.74) is 5.31. The zero-order valence-electron chi connectivity index (χ0n) is 7.94. The van der Waals surface area contributed by atoms with Crippen molar-refractivity contribution in [2.24, 2.45) is 5.73 Å². The Morgan fingerprint density at radius 3 is 1.77 bits per heavy atom. The fourth-order valence-corrected chi connectivity index (χ4v) is 0.748. The molecule has 0 aromatic rings. The highest BCUT2D eigenvalue weighted by Crippen LogP contribution is 2.00. The molecule has 5 nitrogen and oxygen atoms in total. The van der Waals surface area contributed by atoms with E-state index in [1.54, 1.807) is 0 Å². The number of rotatable bonds is 5. The predicted octanol–water partition coefficient (Wildman–Crippen LogP) is 1.26. The molecule has 0 aliphatic heterocycles. The van der Waals surface area contributed by atoms with Crippen LogP contribution in [0.4, 0.5) is 0 Å². The molecule has 0 amide bonds. The second-order valence-corrected chi connectivity index (χ2v) is 3.55. The summed E-state index contributed by atoms with van der Waals surface area (Å²) in [6.07, 6.45) is 6.60. The summed E-state index contributed by atoms with van der Waals surface area (Å²) in [6.45, 7) is 3.09. The van der Waals surface area contributed by atoms with E-state index in [9.17, 15) is 0 Å². The van der Waals surface area contributed by atoms with Gasteiger partial charge < -0.3 is 5.73 Å². The van der Waals surface area contributed by atoms with Crippen LogP contribution in [0.15, 0.2) is 0 Å². The van der Waals surface area contributed by atoms with Gasteiger partial charge in [0.1, 0.15) is 0 Å². The monoisotopic (exact) mass is 213 g/mol. The molecule has 0 radical (unpaired) electrons. The van der Waals surface area contributed by atoms with E-state index in [0.29, 0.717) is 0 Å². The van der Waals surface area contributed by atoms with E-state index in [4.69, 9.17) is 23.3 Å². The van der Waals surface area contributed by atoms with Crippen LogP contribution in [-0.4, -0.2) is 24.1 Å². The highest BCUT2D eigenvalue weighted by atomic mass is 32.3. The Balaban J connectivity index is 0. The van der Waals surface area contributed by atoms with E-state index in [1.165, 1.54) is 32.1 Å². The molecule has 6 heteroatoms. The Labute approximate surface area is 79.9 Å². The highest BCUT2D eigenvalue weighted by molar-refractivity contribution is 7.79. The Morgan fingerprint density at radius 2 is 1.46 bits per heavy atom. The van der Waals surface area contributed by atoms with Crippen molar-refractivity contribution in [3.63, 3.8) is 0 Å². The third-order valence-corrected chi connectivity index (χ3v) is 1.31. The molecular formula is C7H19NO4S. The summed E-state index contributed by atoms with van der Waals surface area (Å²) in [6, 6.07) is 0. The van der Waals surface area contributed by atoms with E-state index in [0.717, 1.165) is 6.54 Å². The molecule has 0 spiro atoms. The van der Waals surface area contributed by atoms with Gasteiger partial charge >= 0.3 is 10.4 Å². The number of nitrogens with two attached hydrogens (primary N) is 1. The average Bonchev–Trinajstić information content (AvgIpc) is 1.95. The van der Waals surface area contributed by atoms with Gasteiger partial charge in [0.25, 0.3) is 0 Å². The fourth-order valence-electron chi connectivity index (χ4n) is 0.748. The molecule has 0 unspecified atom stereocenters. The summed E-state index contributed by atoms with van der Waals surface area (Å²) in [4.78, 5) is 0. The number of unbranched alkanes of at least 4 members (excludes halogenated alkanes) is 4. The van der Waals surface area contributed by atoms with Gasteiger partial charge in [0.2, 0.25) is 0 Å². The normalized spacial score (nSPS) is 10.5. The van der Waals surface area contributed by atoms with Gasteiger partial charge in [-0.15, -0.1) is 0 Å². The van der Waals surface area contributed by atoms with Crippen molar-refractivity contribution in [3.8, 4) is 0 Å². The largest absolute Gasteiger partial charge is 0.394 e. The average molecular weight is 213 g/mol. The van der Waals surface area contributed by atoms with Crippen LogP contribution in [0.25, 0.3) is 0 Å². The molecule has 0 saturated carbocycles. The van der Waals surface area contributed by atoms with Crippen molar-refractivity contribution in [2.45, 2.75) is 39.0 Å². The van der Waals surface area contributed by atoms with Gasteiger partial charge in [-0.25, -0.2) is 0 Å². The standard InChI is InChI=1S/C7H17N.H2O4S/c1-2-3-4-5-6-7-8;1-5(2,3)4/h2-8H2,1H3;(H2,1,2,3,4). The van der Waals surface area contributed by atoms with Gasteiger partial charge in [-0.1, -0.05) is 32.6 Å². The van der Waals surface area contributed by atoms with Crippen LogP contribution < -0.4 is 5.73 Å². The van der Waals surface area contributed by atoms with Crippen molar-refractivity contribution in [1.29, 1.82) is 0 Å². The summed E-state index contributed by atoms with van der Waals surface area (Å²) >= 11 is 0. The first-order valence-corrected chi connectivity index (χ1v) is 5.71. The fraction of sp³-hybridized carbons (Fsp3) is 1.00. The topological polar surface area (TPSA) is 101 Å². The van der Waals surface area contributed by atoms with Gasteiger partial charge in [0.15, 0.2) is 0 Å². The van der Waals surface area contributed by atoms with Crippen molar-refractivity contribution < 1.29 is 17.5 Å². The zero-order valence-corrected chi connectivity index (χ0v) is 8.76. The summed E-state index contributed by atoms with van der Waals surface area (Å²) in [7, 11) is -4.67. The van der Waals surface area contributed by atoms with Gasteiger partial charge in [0, 0.05) is 0 Å². The molecule has 0 atom stereocenters. The van der Waals surface area contributed by atoms with Gasteiger partial charge in [-0.05, 0) is 13.0 Å². The lowest BCUT2D eigenvalue weighted by atomic mass is 10.2. The Kier molecular flexibility index (Phi) is 11.7. The van der Waals surface area contributed by atoms with Crippen molar-refractivity contribution in [2.75, 3.05) is 6.54 Å². The minimum atomic E-state index is -4.67. The first kappa shape index (κ1) is 15.3. The molecular weight excluding hydrogens is 194 g/mol. The zero-order chi connectivity index (χ0) is 10.7. The van der Waals surface area contributed by atoms with E-state index in [2.05, 4.69) is 6.92 Å². The quantitative estimate of drug-likeness (QED) is 0.471. The van der Waals surface area contributed by atoms with E-state index in [1.807, 2.05) is 0 Å². The molecule has 0 bridgehead atoms. The lowest BCUT2D eigenvalue weighted by Gasteiger charge is -1.93. The van der Waals surface area contributed by atoms with Crippen LogP contribution in [-0.2, 0) is 10.4 Å². The second-order valence-electron chi connectivity index (χ2n) is 2.65. The molecule has 4 N–H and O–H groups in total. The molecule has 0 rings (SSSR count). The van der Waals surface area contributed by atoms with Crippen LogP contribution >= 0.6 is 0 Å². The Bertz CT molecular complexity index is 165. The molecule has 0 aromatic carbocycles. The summed E-state index contributed by atoms with van der Waals surface area (Å²) < 4.78 is 31.6. The Morgan fingerprint density at radius 1 is 1.08 bits per heavy atom. The first-order chi connectivity index (χ1) is 5.91. The summed E-state index contributed by atoms with van der Waals surface area (Å²) in [5.74, 6) is 0. The van der Waals surface area contributed by atoms with Crippen LogP contribution in [0.1, 0.15) is 39.0 Å². The van der Waals surface area contributed by atoms with E-state index < -0.39 is 10.4 Å². The Hall–Kier alpha value is -0.170. The lowest BCUT2D eigenvalue weighted by molar-refractivity contribution is 0.381. The van der Waals surface area contributed by atoms with Gasteiger partial charge in [-0.2, -0.15) is 8.42 Å². The van der Waals surface area contributed by atoms with Crippen molar-refractivity contribution in [1.82, 2.24) is 0 Å². The molecule has 0 fully saturated rings. The number of hydrogen-bond acceptors (Lipinski definition) is 3. The van der Waals surface area contributed by atoms with Gasteiger partial charge in [0.05, 0.1) is 0 Å².